The molecule has 3 rings (SSSR count). The van der Waals surface area contributed by atoms with Crippen LogP contribution in [-0.4, -0.2) is 61.1 Å². The fourth-order valence-corrected chi connectivity index (χ4v) is 3.21. The van der Waals surface area contributed by atoms with Crippen LogP contribution in [0.3, 0.4) is 0 Å². The fourth-order valence-electron chi connectivity index (χ4n) is 3.00. The number of carbonyl (C=O) groups excluding carboxylic acids is 1. The second kappa shape index (κ2) is 6.34. The molecule has 21 heavy (non-hydrogen) atoms. The molecule has 0 bridgehead atoms. The van der Waals surface area contributed by atoms with E-state index < -0.39 is 5.82 Å². The van der Waals surface area contributed by atoms with Gasteiger partial charge in [0.1, 0.15) is 5.82 Å². The first-order valence-electron chi connectivity index (χ1n) is 7.25. The van der Waals surface area contributed by atoms with E-state index in [1.165, 1.54) is 18.2 Å². The first-order chi connectivity index (χ1) is 10.1. The Labute approximate surface area is 129 Å². The Morgan fingerprint density at radius 1 is 1.29 bits per heavy atom. The molecule has 1 aromatic rings. The zero-order valence-corrected chi connectivity index (χ0v) is 12.7. The Morgan fingerprint density at radius 2 is 2.05 bits per heavy atom. The summed E-state index contributed by atoms with van der Waals surface area (Å²) in [7, 11) is 0. The summed E-state index contributed by atoms with van der Waals surface area (Å²) in [4.78, 5) is 16.9. The fraction of sp³-hybridized carbons (Fsp3) is 0.533. The summed E-state index contributed by atoms with van der Waals surface area (Å²) in [5.74, 6) is -0.441. The molecule has 1 aromatic carbocycles. The summed E-state index contributed by atoms with van der Waals surface area (Å²) in [5.41, 5.74) is 0.504. The molecule has 6 heteroatoms. The molecule has 1 unspecified atom stereocenters. The van der Waals surface area contributed by atoms with Gasteiger partial charge in [0.2, 0.25) is 0 Å². The normalized spacial score (nSPS) is 23.5. The molecule has 2 aliphatic rings. The number of morpholine rings is 1. The first kappa shape index (κ1) is 14.8. The smallest absolute Gasteiger partial charge is 0.253 e. The summed E-state index contributed by atoms with van der Waals surface area (Å²) < 4.78 is 18.6. The van der Waals surface area contributed by atoms with Crippen LogP contribution in [-0.2, 0) is 4.74 Å². The van der Waals surface area contributed by atoms with Crippen molar-refractivity contribution >= 4 is 18.5 Å². The van der Waals surface area contributed by atoms with Crippen molar-refractivity contribution in [1.29, 1.82) is 0 Å². The first-order valence-corrected chi connectivity index (χ1v) is 7.69. The van der Waals surface area contributed by atoms with Crippen LogP contribution in [0.25, 0.3) is 0 Å². The van der Waals surface area contributed by atoms with Crippen molar-refractivity contribution in [3.8, 4) is 0 Å². The van der Waals surface area contributed by atoms with E-state index in [-0.39, 0.29) is 10.8 Å². The molecule has 2 aliphatic heterocycles. The van der Waals surface area contributed by atoms with Crippen LogP contribution in [0, 0.1) is 5.82 Å². The SMILES string of the molecule is O=C(c1ccc(F)c(S)c1)N1CCC(N2CCOCC2)C1. The Bertz CT molecular complexity index is 534. The summed E-state index contributed by atoms with van der Waals surface area (Å²) in [5, 5.41) is 0. The highest BCUT2D eigenvalue weighted by molar-refractivity contribution is 7.80. The largest absolute Gasteiger partial charge is 0.379 e. The van der Waals surface area contributed by atoms with Gasteiger partial charge in [0, 0.05) is 42.7 Å². The van der Waals surface area contributed by atoms with Gasteiger partial charge in [-0.15, -0.1) is 12.6 Å². The molecule has 2 fully saturated rings. The summed E-state index contributed by atoms with van der Waals surface area (Å²) in [6.07, 6.45) is 0.987. The number of carbonyl (C=O) groups is 1. The minimum atomic E-state index is -0.400. The molecule has 0 spiro atoms. The number of hydrogen-bond acceptors (Lipinski definition) is 4. The average Bonchev–Trinajstić information content (AvgIpc) is 3.00. The maximum atomic E-state index is 13.2. The van der Waals surface area contributed by atoms with E-state index in [9.17, 15) is 9.18 Å². The lowest BCUT2D eigenvalue weighted by Gasteiger charge is -2.32. The number of halogens is 1. The summed E-state index contributed by atoms with van der Waals surface area (Å²) in [6.45, 7) is 4.89. The van der Waals surface area contributed by atoms with Crippen LogP contribution in [0.2, 0.25) is 0 Å². The van der Waals surface area contributed by atoms with Gasteiger partial charge in [-0.05, 0) is 24.6 Å². The van der Waals surface area contributed by atoms with Crippen LogP contribution in [0.1, 0.15) is 16.8 Å². The third-order valence-electron chi connectivity index (χ3n) is 4.21. The molecule has 0 radical (unpaired) electrons. The van der Waals surface area contributed by atoms with Gasteiger partial charge in [-0.25, -0.2) is 4.39 Å². The van der Waals surface area contributed by atoms with Gasteiger partial charge < -0.3 is 9.64 Å². The standard InChI is InChI=1S/C15H19FN2O2S/c16-13-2-1-11(9-14(13)21)15(19)18-4-3-12(10-18)17-5-7-20-8-6-17/h1-2,9,12,21H,3-8,10H2. The number of rotatable bonds is 2. The molecular weight excluding hydrogens is 291 g/mol. The molecule has 2 heterocycles. The number of benzene rings is 1. The van der Waals surface area contributed by atoms with Crippen LogP contribution < -0.4 is 0 Å². The van der Waals surface area contributed by atoms with Crippen molar-refractivity contribution in [2.45, 2.75) is 17.4 Å². The quantitative estimate of drug-likeness (QED) is 0.844. The van der Waals surface area contributed by atoms with Crippen LogP contribution in [0.5, 0.6) is 0 Å². The van der Waals surface area contributed by atoms with E-state index in [0.717, 1.165) is 45.8 Å². The van der Waals surface area contributed by atoms with Crippen LogP contribution >= 0.6 is 12.6 Å². The molecule has 0 N–H and O–H groups in total. The Kier molecular flexibility index (Phi) is 4.47. The maximum absolute atomic E-state index is 13.2. The Balaban J connectivity index is 1.64. The van der Waals surface area contributed by atoms with E-state index in [1.54, 1.807) is 0 Å². The highest BCUT2D eigenvalue weighted by Crippen LogP contribution is 2.21. The molecular formula is C15H19FN2O2S. The van der Waals surface area contributed by atoms with E-state index >= 15 is 0 Å². The van der Waals surface area contributed by atoms with Crippen molar-refractivity contribution < 1.29 is 13.9 Å². The summed E-state index contributed by atoms with van der Waals surface area (Å²) in [6, 6.07) is 4.74. The second-order valence-corrected chi connectivity index (χ2v) is 5.99. The number of ether oxygens (including phenoxy) is 1. The molecule has 1 atom stereocenters. The van der Waals surface area contributed by atoms with Crippen LogP contribution in [0.15, 0.2) is 23.1 Å². The number of amides is 1. The minimum Gasteiger partial charge on any atom is -0.379 e. The molecule has 0 aliphatic carbocycles. The molecule has 2 saturated heterocycles. The lowest BCUT2D eigenvalue weighted by Crippen LogP contribution is -2.45. The van der Waals surface area contributed by atoms with Crippen molar-refractivity contribution in [2.24, 2.45) is 0 Å². The predicted octanol–water partition coefficient (Wildman–Crippen LogP) is 1.66. The lowest BCUT2D eigenvalue weighted by atomic mass is 10.2. The Morgan fingerprint density at radius 3 is 2.76 bits per heavy atom. The van der Waals surface area contributed by atoms with E-state index in [2.05, 4.69) is 17.5 Å². The van der Waals surface area contributed by atoms with Gasteiger partial charge in [-0.3, -0.25) is 9.69 Å². The van der Waals surface area contributed by atoms with Gasteiger partial charge in [-0.1, -0.05) is 0 Å². The van der Waals surface area contributed by atoms with Crippen molar-refractivity contribution in [3.05, 3.63) is 29.6 Å². The Hall–Kier alpha value is -1.11. The second-order valence-electron chi connectivity index (χ2n) is 5.51. The number of likely N-dealkylation sites (tertiary alicyclic amines) is 1. The van der Waals surface area contributed by atoms with Gasteiger partial charge in [0.15, 0.2) is 0 Å². The third-order valence-corrected chi connectivity index (χ3v) is 4.55. The van der Waals surface area contributed by atoms with Crippen LogP contribution in [0.4, 0.5) is 4.39 Å². The third kappa shape index (κ3) is 3.22. The lowest BCUT2D eigenvalue weighted by molar-refractivity contribution is 0.0185. The molecule has 1 amide bonds. The van der Waals surface area contributed by atoms with E-state index in [1.807, 2.05) is 4.90 Å². The monoisotopic (exact) mass is 310 g/mol. The van der Waals surface area contributed by atoms with Crippen molar-refractivity contribution in [1.82, 2.24) is 9.80 Å². The van der Waals surface area contributed by atoms with Gasteiger partial charge in [0.05, 0.1) is 13.2 Å². The highest BCUT2D eigenvalue weighted by atomic mass is 32.1. The molecule has 4 nitrogen and oxygen atoms in total. The predicted molar refractivity (Wildman–Crippen MR) is 80.4 cm³/mol. The minimum absolute atomic E-state index is 0.0407. The number of thiol groups is 1. The molecule has 0 aromatic heterocycles. The average molecular weight is 310 g/mol. The summed E-state index contributed by atoms with van der Waals surface area (Å²) >= 11 is 4.04. The maximum Gasteiger partial charge on any atom is 0.253 e. The molecule has 114 valence electrons. The van der Waals surface area contributed by atoms with E-state index in [4.69, 9.17) is 4.74 Å². The zero-order chi connectivity index (χ0) is 14.8. The zero-order valence-electron chi connectivity index (χ0n) is 11.8. The van der Waals surface area contributed by atoms with Gasteiger partial charge in [-0.2, -0.15) is 0 Å². The molecule has 0 saturated carbocycles. The van der Waals surface area contributed by atoms with Crippen molar-refractivity contribution in [2.75, 3.05) is 39.4 Å². The highest BCUT2D eigenvalue weighted by Gasteiger charge is 2.31. The van der Waals surface area contributed by atoms with Gasteiger partial charge >= 0.3 is 0 Å². The van der Waals surface area contributed by atoms with Gasteiger partial charge in [0.25, 0.3) is 5.91 Å². The van der Waals surface area contributed by atoms with E-state index in [0.29, 0.717) is 11.6 Å². The number of nitrogens with zero attached hydrogens (tertiary/aromatic N) is 2. The topological polar surface area (TPSA) is 32.8 Å². The number of hydrogen-bond donors (Lipinski definition) is 1. The van der Waals surface area contributed by atoms with Crippen molar-refractivity contribution in [3.63, 3.8) is 0 Å².